The first-order chi connectivity index (χ1) is 11.0. The first-order valence-corrected chi connectivity index (χ1v) is 8.18. The maximum Gasteiger partial charge on any atom is 0.224 e. The lowest BCUT2D eigenvalue weighted by molar-refractivity contribution is -0.116. The van der Waals surface area contributed by atoms with E-state index >= 15 is 0 Å². The topological polar surface area (TPSA) is 38.3 Å². The standard InChI is InChI=1S/C18H19Cl2NO2/c1-12-10-17(16(20)11-15(12)19)23-13(2)8-9-18(22)21-14-6-4-3-5-7-14/h3-7,10-11,13H,8-9H2,1-2H3,(H,21,22). The molecule has 0 aliphatic heterocycles. The molecule has 0 aliphatic carbocycles. The Balaban J connectivity index is 1.84. The highest BCUT2D eigenvalue weighted by Gasteiger charge is 2.12. The number of hydrogen-bond acceptors (Lipinski definition) is 2. The molecular formula is C18H19Cl2NO2. The lowest BCUT2D eigenvalue weighted by atomic mass is 10.2. The lowest BCUT2D eigenvalue weighted by Gasteiger charge is -2.16. The Labute approximate surface area is 146 Å². The van der Waals surface area contributed by atoms with E-state index in [9.17, 15) is 4.79 Å². The Bertz CT molecular complexity index is 674. The second kappa shape index (κ2) is 8.23. The molecule has 0 radical (unpaired) electrons. The van der Waals surface area contributed by atoms with Crippen LogP contribution in [0, 0.1) is 6.92 Å². The molecule has 0 fully saturated rings. The van der Waals surface area contributed by atoms with Crippen LogP contribution in [0.2, 0.25) is 10.0 Å². The Morgan fingerprint density at radius 2 is 1.87 bits per heavy atom. The second-order valence-electron chi connectivity index (χ2n) is 5.41. The van der Waals surface area contributed by atoms with E-state index < -0.39 is 0 Å². The molecule has 1 amide bonds. The summed E-state index contributed by atoms with van der Waals surface area (Å²) in [6.07, 6.45) is 0.839. The number of aryl methyl sites for hydroxylation is 1. The van der Waals surface area contributed by atoms with Crippen molar-refractivity contribution in [1.29, 1.82) is 0 Å². The molecular weight excluding hydrogens is 333 g/mol. The van der Waals surface area contributed by atoms with Gasteiger partial charge in [0, 0.05) is 17.1 Å². The van der Waals surface area contributed by atoms with Crippen molar-refractivity contribution in [2.75, 3.05) is 5.32 Å². The molecule has 5 heteroatoms. The van der Waals surface area contributed by atoms with Gasteiger partial charge in [0.1, 0.15) is 5.75 Å². The van der Waals surface area contributed by atoms with Gasteiger partial charge in [0.25, 0.3) is 0 Å². The Morgan fingerprint density at radius 3 is 2.57 bits per heavy atom. The zero-order chi connectivity index (χ0) is 16.8. The summed E-state index contributed by atoms with van der Waals surface area (Å²) in [5, 5.41) is 3.93. The smallest absolute Gasteiger partial charge is 0.224 e. The summed E-state index contributed by atoms with van der Waals surface area (Å²) in [5.41, 5.74) is 1.70. The van der Waals surface area contributed by atoms with E-state index in [0.717, 1.165) is 11.3 Å². The molecule has 0 saturated heterocycles. The highest BCUT2D eigenvalue weighted by Crippen LogP contribution is 2.31. The fraction of sp³-hybridized carbons (Fsp3) is 0.278. The van der Waals surface area contributed by atoms with Gasteiger partial charge in [-0.1, -0.05) is 41.4 Å². The van der Waals surface area contributed by atoms with Gasteiger partial charge in [-0.15, -0.1) is 0 Å². The summed E-state index contributed by atoms with van der Waals surface area (Å²) in [4.78, 5) is 11.9. The number of ether oxygens (including phenoxy) is 1. The summed E-state index contributed by atoms with van der Waals surface area (Å²) in [7, 11) is 0. The number of nitrogens with one attached hydrogen (secondary N) is 1. The third-order valence-electron chi connectivity index (χ3n) is 3.38. The summed E-state index contributed by atoms with van der Waals surface area (Å²) in [6.45, 7) is 3.81. The van der Waals surface area contributed by atoms with Crippen LogP contribution in [0.5, 0.6) is 5.75 Å². The minimum Gasteiger partial charge on any atom is -0.489 e. The van der Waals surface area contributed by atoms with Crippen molar-refractivity contribution < 1.29 is 9.53 Å². The number of halogens is 2. The molecule has 2 rings (SSSR count). The maximum absolute atomic E-state index is 11.9. The summed E-state index contributed by atoms with van der Waals surface area (Å²) >= 11 is 12.1. The van der Waals surface area contributed by atoms with Gasteiger partial charge in [0.15, 0.2) is 0 Å². The van der Waals surface area contributed by atoms with E-state index in [2.05, 4.69) is 5.32 Å². The number of carbonyl (C=O) groups is 1. The Kier molecular flexibility index (Phi) is 6.31. The molecule has 1 unspecified atom stereocenters. The maximum atomic E-state index is 11.9. The average molecular weight is 352 g/mol. The molecule has 0 heterocycles. The van der Waals surface area contributed by atoms with Crippen molar-refractivity contribution in [3.05, 3.63) is 58.1 Å². The van der Waals surface area contributed by atoms with Gasteiger partial charge in [-0.05, 0) is 50.1 Å². The number of hydrogen-bond donors (Lipinski definition) is 1. The van der Waals surface area contributed by atoms with Gasteiger partial charge < -0.3 is 10.1 Å². The number of rotatable bonds is 6. The van der Waals surface area contributed by atoms with E-state index in [1.165, 1.54) is 0 Å². The van der Waals surface area contributed by atoms with Crippen LogP contribution in [0.3, 0.4) is 0 Å². The van der Waals surface area contributed by atoms with Gasteiger partial charge in [-0.2, -0.15) is 0 Å². The van der Waals surface area contributed by atoms with Crippen molar-refractivity contribution in [2.45, 2.75) is 32.8 Å². The minimum atomic E-state index is -0.130. The van der Waals surface area contributed by atoms with Crippen LogP contribution in [0.15, 0.2) is 42.5 Å². The molecule has 2 aromatic carbocycles. The number of carbonyl (C=O) groups excluding carboxylic acids is 1. The molecule has 122 valence electrons. The number of amides is 1. The SMILES string of the molecule is Cc1cc(OC(C)CCC(=O)Nc2ccccc2)c(Cl)cc1Cl. The van der Waals surface area contributed by atoms with Crippen LogP contribution in [0.1, 0.15) is 25.3 Å². The monoisotopic (exact) mass is 351 g/mol. The molecule has 1 N–H and O–H groups in total. The predicted molar refractivity (Wildman–Crippen MR) is 95.6 cm³/mol. The van der Waals surface area contributed by atoms with E-state index in [4.69, 9.17) is 27.9 Å². The van der Waals surface area contributed by atoms with E-state index in [0.29, 0.717) is 28.6 Å². The molecule has 1 atom stereocenters. The largest absolute Gasteiger partial charge is 0.489 e. The van der Waals surface area contributed by atoms with E-state index in [1.807, 2.05) is 50.2 Å². The first-order valence-electron chi connectivity index (χ1n) is 7.43. The van der Waals surface area contributed by atoms with Gasteiger partial charge >= 0.3 is 0 Å². The lowest BCUT2D eigenvalue weighted by Crippen LogP contribution is -2.18. The minimum absolute atomic E-state index is 0.0370. The van der Waals surface area contributed by atoms with E-state index in [1.54, 1.807) is 6.07 Å². The van der Waals surface area contributed by atoms with E-state index in [-0.39, 0.29) is 12.0 Å². The van der Waals surface area contributed by atoms with Crippen LogP contribution in [0.4, 0.5) is 5.69 Å². The zero-order valence-corrected chi connectivity index (χ0v) is 14.6. The average Bonchev–Trinajstić information content (AvgIpc) is 2.51. The Hall–Kier alpha value is -1.71. The normalized spacial score (nSPS) is 11.8. The molecule has 3 nitrogen and oxygen atoms in total. The van der Waals surface area contributed by atoms with Crippen LogP contribution in [-0.4, -0.2) is 12.0 Å². The highest BCUT2D eigenvalue weighted by molar-refractivity contribution is 6.36. The highest BCUT2D eigenvalue weighted by atomic mass is 35.5. The van der Waals surface area contributed by atoms with Crippen molar-refractivity contribution in [3.63, 3.8) is 0 Å². The molecule has 0 aromatic heterocycles. The van der Waals surface area contributed by atoms with Gasteiger partial charge in [0.2, 0.25) is 5.91 Å². The molecule has 0 bridgehead atoms. The van der Waals surface area contributed by atoms with Crippen molar-refractivity contribution >= 4 is 34.8 Å². The second-order valence-corrected chi connectivity index (χ2v) is 6.23. The molecule has 23 heavy (non-hydrogen) atoms. The first kappa shape index (κ1) is 17.6. The van der Waals surface area contributed by atoms with Gasteiger partial charge in [-0.25, -0.2) is 0 Å². The molecule has 0 spiro atoms. The van der Waals surface area contributed by atoms with Crippen molar-refractivity contribution in [1.82, 2.24) is 0 Å². The number of para-hydroxylation sites is 1. The molecule has 0 aliphatic rings. The molecule has 2 aromatic rings. The third kappa shape index (κ3) is 5.45. The fourth-order valence-electron chi connectivity index (χ4n) is 2.08. The third-order valence-corrected chi connectivity index (χ3v) is 4.08. The predicted octanol–water partition coefficient (Wildman–Crippen LogP) is 5.49. The number of anilines is 1. The Morgan fingerprint density at radius 1 is 1.17 bits per heavy atom. The summed E-state index contributed by atoms with van der Waals surface area (Å²) in [6, 6.07) is 12.9. The summed E-state index contributed by atoms with van der Waals surface area (Å²) in [5.74, 6) is 0.551. The van der Waals surface area contributed by atoms with Crippen LogP contribution in [-0.2, 0) is 4.79 Å². The zero-order valence-electron chi connectivity index (χ0n) is 13.1. The quantitative estimate of drug-likeness (QED) is 0.747. The fourth-order valence-corrected chi connectivity index (χ4v) is 2.50. The summed E-state index contributed by atoms with van der Waals surface area (Å²) < 4.78 is 5.81. The molecule has 0 saturated carbocycles. The van der Waals surface area contributed by atoms with Crippen LogP contribution in [0.25, 0.3) is 0 Å². The number of benzene rings is 2. The van der Waals surface area contributed by atoms with Crippen LogP contribution >= 0.6 is 23.2 Å². The van der Waals surface area contributed by atoms with Gasteiger partial charge in [0.05, 0.1) is 11.1 Å². The van der Waals surface area contributed by atoms with Gasteiger partial charge in [-0.3, -0.25) is 4.79 Å². The van der Waals surface area contributed by atoms with Crippen molar-refractivity contribution in [2.24, 2.45) is 0 Å². The van der Waals surface area contributed by atoms with Crippen LogP contribution < -0.4 is 10.1 Å². The van der Waals surface area contributed by atoms with Crippen molar-refractivity contribution in [3.8, 4) is 5.75 Å².